The number of benzene rings is 1. The molecule has 5 rings (SSSR count). The average Bonchev–Trinajstić information content (AvgIpc) is 3.42. The van der Waals surface area contributed by atoms with Crippen LogP contribution in [0.1, 0.15) is 83.4 Å². The summed E-state index contributed by atoms with van der Waals surface area (Å²) in [4.78, 5) is 51.1. The number of hydrogen-bond acceptors (Lipinski definition) is 7. The quantitative estimate of drug-likeness (QED) is 0.413. The number of hydrogen-bond donors (Lipinski definition) is 2. The zero-order valence-corrected chi connectivity index (χ0v) is 27.4. The van der Waals surface area contributed by atoms with Gasteiger partial charge in [-0.15, -0.1) is 0 Å². The van der Waals surface area contributed by atoms with Gasteiger partial charge in [0.05, 0.1) is 11.6 Å². The zero-order valence-electron chi connectivity index (χ0n) is 27.4. The molecule has 3 aromatic rings. The Balaban J connectivity index is 1.29. The van der Waals surface area contributed by atoms with Crippen molar-refractivity contribution in [3.8, 4) is 0 Å². The number of nitrogens with zero attached hydrogens (tertiary/aromatic N) is 7. The topological polar surface area (TPSA) is 119 Å². The van der Waals surface area contributed by atoms with Gasteiger partial charge in [-0.3, -0.25) is 14.3 Å². The van der Waals surface area contributed by atoms with Crippen LogP contribution >= 0.6 is 0 Å². The van der Waals surface area contributed by atoms with Crippen LogP contribution in [0.5, 0.6) is 0 Å². The number of aromatic nitrogens is 3. The summed E-state index contributed by atoms with van der Waals surface area (Å²) in [5.41, 5.74) is 4.54. The summed E-state index contributed by atoms with van der Waals surface area (Å²) in [6, 6.07) is 11.0. The Hall–Kier alpha value is -4.45. The summed E-state index contributed by atoms with van der Waals surface area (Å²) in [5.74, 6) is 0.528. The van der Waals surface area contributed by atoms with Crippen LogP contribution in [0.25, 0.3) is 0 Å². The van der Waals surface area contributed by atoms with E-state index >= 15 is 0 Å². The molecular formula is C33H45N9O3. The highest BCUT2D eigenvalue weighted by Crippen LogP contribution is 2.34. The lowest BCUT2D eigenvalue weighted by Crippen LogP contribution is -2.48. The zero-order chi connectivity index (χ0) is 32.4. The van der Waals surface area contributed by atoms with E-state index in [-0.39, 0.29) is 35.8 Å². The molecule has 0 aliphatic carbocycles. The summed E-state index contributed by atoms with van der Waals surface area (Å²) in [6.07, 6.45) is 1.60. The molecular weight excluding hydrogens is 570 g/mol. The Bertz CT molecular complexity index is 1520. The fourth-order valence-electron chi connectivity index (χ4n) is 5.96. The number of urea groups is 1. The minimum atomic E-state index is -0.278. The lowest BCUT2D eigenvalue weighted by Gasteiger charge is -2.33. The number of likely N-dealkylation sites (N-methyl/N-ethyl adjacent to an activating group) is 1. The Labute approximate surface area is 265 Å². The lowest BCUT2D eigenvalue weighted by molar-refractivity contribution is 0.0826. The Morgan fingerprint density at radius 2 is 1.67 bits per heavy atom. The maximum Gasteiger partial charge on any atom is 0.321 e. The van der Waals surface area contributed by atoms with Crippen molar-refractivity contribution in [3.05, 3.63) is 70.7 Å². The summed E-state index contributed by atoms with van der Waals surface area (Å²) in [5, 5.41) is 10.9. The third-order valence-electron chi connectivity index (χ3n) is 8.59. The molecule has 2 aliphatic rings. The third kappa shape index (κ3) is 6.95. The van der Waals surface area contributed by atoms with Gasteiger partial charge >= 0.3 is 6.03 Å². The van der Waals surface area contributed by atoms with Crippen LogP contribution in [-0.2, 0) is 6.54 Å². The maximum atomic E-state index is 13.8. The smallest absolute Gasteiger partial charge is 0.321 e. The fourth-order valence-corrected chi connectivity index (χ4v) is 5.96. The minimum Gasteiger partial charge on any atom is -0.351 e. The predicted octanol–water partition coefficient (Wildman–Crippen LogP) is 3.95. The highest BCUT2D eigenvalue weighted by atomic mass is 16.2. The van der Waals surface area contributed by atoms with Gasteiger partial charge in [0.1, 0.15) is 5.82 Å². The van der Waals surface area contributed by atoms with Crippen LogP contribution in [-0.4, -0.2) is 101 Å². The van der Waals surface area contributed by atoms with Crippen LogP contribution in [0, 0.1) is 0 Å². The molecule has 45 heavy (non-hydrogen) atoms. The highest BCUT2D eigenvalue weighted by Gasteiger charge is 2.34. The second kappa shape index (κ2) is 13.3. The molecule has 2 aliphatic heterocycles. The minimum absolute atomic E-state index is 0.0924. The van der Waals surface area contributed by atoms with E-state index in [0.29, 0.717) is 43.1 Å². The van der Waals surface area contributed by atoms with Crippen molar-refractivity contribution in [1.82, 2.24) is 34.8 Å². The van der Waals surface area contributed by atoms with Gasteiger partial charge in [0, 0.05) is 88.5 Å². The Kier molecular flexibility index (Phi) is 9.42. The van der Waals surface area contributed by atoms with Crippen molar-refractivity contribution >= 4 is 29.4 Å². The van der Waals surface area contributed by atoms with Crippen molar-refractivity contribution in [3.63, 3.8) is 0 Å². The number of rotatable bonds is 7. The SMILES string of the molecule is CC(C)n1nc(C(=O)N[C@H](C)c2ccc(NC(=O)N3CCN(C)CC3)cc2)c2c1[C@@H](C)CN(c1ccc(C(=O)N(C)C)cn1)C2. The number of anilines is 2. The van der Waals surface area contributed by atoms with Crippen molar-refractivity contribution < 1.29 is 14.4 Å². The largest absolute Gasteiger partial charge is 0.351 e. The van der Waals surface area contributed by atoms with E-state index in [9.17, 15) is 14.4 Å². The molecule has 2 N–H and O–H groups in total. The number of piperazine rings is 1. The first-order valence-corrected chi connectivity index (χ1v) is 15.6. The Morgan fingerprint density at radius 3 is 2.27 bits per heavy atom. The second-order valence-electron chi connectivity index (χ2n) is 12.7. The van der Waals surface area contributed by atoms with Gasteiger partial charge in [-0.2, -0.15) is 5.10 Å². The number of carbonyl (C=O) groups excluding carboxylic acids is 3. The summed E-state index contributed by atoms with van der Waals surface area (Å²) < 4.78 is 1.97. The molecule has 0 spiro atoms. The normalized spacial score (nSPS) is 17.6. The third-order valence-corrected chi connectivity index (χ3v) is 8.59. The first-order valence-electron chi connectivity index (χ1n) is 15.6. The fraction of sp³-hybridized carbons (Fsp3) is 0.485. The number of nitrogens with one attached hydrogen (secondary N) is 2. The van der Waals surface area contributed by atoms with E-state index in [0.717, 1.165) is 35.7 Å². The molecule has 1 fully saturated rings. The summed E-state index contributed by atoms with van der Waals surface area (Å²) in [6.45, 7) is 12.6. The Morgan fingerprint density at radius 1 is 0.978 bits per heavy atom. The molecule has 12 nitrogen and oxygen atoms in total. The molecule has 2 aromatic heterocycles. The van der Waals surface area contributed by atoms with Gasteiger partial charge in [0.2, 0.25) is 0 Å². The molecule has 4 heterocycles. The van der Waals surface area contributed by atoms with E-state index in [1.807, 2.05) is 46.8 Å². The van der Waals surface area contributed by atoms with Crippen LogP contribution in [0.4, 0.5) is 16.3 Å². The highest BCUT2D eigenvalue weighted by molar-refractivity contribution is 5.95. The van der Waals surface area contributed by atoms with E-state index in [4.69, 9.17) is 5.10 Å². The van der Waals surface area contributed by atoms with E-state index in [2.05, 4.69) is 53.2 Å². The second-order valence-corrected chi connectivity index (χ2v) is 12.7. The van der Waals surface area contributed by atoms with Crippen molar-refractivity contribution in [2.75, 3.05) is 64.1 Å². The summed E-state index contributed by atoms with van der Waals surface area (Å²) in [7, 11) is 5.49. The molecule has 1 saturated heterocycles. The van der Waals surface area contributed by atoms with Crippen LogP contribution in [0.15, 0.2) is 42.6 Å². The molecule has 2 atom stereocenters. The van der Waals surface area contributed by atoms with Crippen LogP contribution in [0.2, 0.25) is 0 Å². The van der Waals surface area contributed by atoms with Gasteiger partial charge in [-0.25, -0.2) is 9.78 Å². The molecule has 0 unspecified atom stereocenters. The molecule has 0 bridgehead atoms. The lowest BCUT2D eigenvalue weighted by atomic mass is 9.95. The van der Waals surface area contributed by atoms with E-state index in [1.165, 1.54) is 4.90 Å². The molecule has 240 valence electrons. The van der Waals surface area contributed by atoms with Crippen molar-refractivity contribution in [2.24, 2.45) is 0 Å². The standard InChI is InChI=1S/C33H45N9O3/c1-21(2)42-30-22(3)19-41(28-13-10-25(18-34-28)32(44)38(5)6)20-27(30)29(37-42)31(43)35-23(4)24-8-11-26(12-9-24)36-33(45)40-16-14-39(7)15-17-40/h8-13,18,21-23H,14-17,19-20H2,1-7H3,(H,35,43)(H,36,45)/t22-,23+/m0/s1. The van der Waals surface area contributed by atoms with Crippen molar-refractivity contribution in [2.45, 2.75) is 52.2 Å². The first kappa shape index (κ1) is 32.0. The predicted molar refractivity (Wildman–Crippen MR) is 175 cm³/mol. The monoisotopic (exact) mass is 615 g/mol. The molecule has 12 heteroatoms. The number of carbonyl (C=O) groups is 3. The van der Waals surface area contributed by atoms with Crippen LogP contribution < -0.4 is 15.5 Å². The van der Waals surface area contributed by atoms with E-state index in [1.54, 1.807) is 26.4 Å². The van der Waals surface area contributed by atoms with Gasteiger partial charge in [0.15, 0.2) is 5.69 Å². The number of fused-ring (bicyclic) bond motifs is 1. The molecule has 0 saturated carbocycles. The summed E-state index contributed by atoms with van der Waals surface area (Å²) >= 11 is 0. The van der Waals surface area contributed by atoms with E-state index < -0.39 is 0 Å². The van der Waals surface area contributed by atoms with Gasteiger partial charge in [0.25, 0.3) is 11.8 Å². The van der Waals surface area contributed by atoms with Gasteiger partial charge in [-0.05, 0) is 57.6 Å². The molecule has 0 radical (unpaired) electrons. The molecule has 1 aromatic carbocycles. The molecule has 4 amide bonds. The van der Waals surface area contributed by atoms with Gasteiger partial charge in [-0.1, -0.05) is 19.1 Å². The van der Waals surface area contributed by atoms with Crippen molar-refractivity contribution in [1.29, 1.82) is 0 Å². The maximum absolute atomic E-state index is 13.8. The first-order chi connectivity index (χ1) is 21.4. The van der Waals surface area contributed by atoms with Gasteiger partial charge < -0.3 is 30.2 Å². The van der Waals surface area contributed by atoms with Crippen LogP contribution in [0.3, 0.4) is 0 Å². The number of amides is 4. The number of pyridine rings is 1. The average molecular weight is 616 g/mol.